The van der Waals surface area contributed by atoms with Crippen molar-refractivity contribution in [2.24, 2.45) is 0 Å². The molecule has 3 aromatic carbocycles. The Balaban J connectivity index is 2.11. The second kappa shape index (κ2) is 9.26. The normalized spacial score (nSPS) is 11.8. The van der Waals surface area contributed by atoms with E-state index >= 15 is 0 Å². The predicted octanol–water partition coefficient (Wildman–Crippen LogP) is 6.67. The molecule has 0 aromatic heterocycles. The lowest BCUT2D eigenvalue weighted by Gasteiger charge is -2.16. The number of hydrogen-bond donors (Lipinski definition) is 0. The molecule has 2 heteroatoms. The first kappa shape index (κ1) is 18.3. The molecule has 0 heterocycles. The summed E-state index contributed by atoms with van der Waals surface area (Å²) in [6, 6.07) is 29.5. The van der Waals surface area contributed by atoms with Gasteiger partial charge in [0, 0.05) is 0 Å². The highest BCUT2D eigenvalue weighted by atomic mass is 35.5. The van der Waals surface area contributed by atoms with Crippen LogP contribution >= 0.6 is 11.6 Å². The minimum Gasteiger partial charge on any atom is -0.492 e. The molecule has 0 aliphatic heterocycles. The Labute approximate surface area is 160 Å². The minimum atomic E-state index is 0.491. The number of alkyl halides is 1. The van der Waals surface area contributed by atoms with Gasteiger partial charge >= 0.3 is 0 Å². The average Bonchev–Trinajstić information content (AvgIpc) is 2.72. The summed E-state index contributed by atoms with van der Waals surface area (Å²) >= 11 is 5.71. The molecule has 26 heavy (non-hydrogen) atoms. The zero-order valence-corrected chi connectivity index (χ0v) is 15.7. The third-order valence-corrected chi connectivity index (χ3v) is 4.48. The molecule has 3 rings (SSSR count). The fourth-order valence-electron chi connectivity index (χ4n) is 3.16. The smallest absolute Gasteiger partial charge is 0.119 e. The Kier molecular flexibility index (Phi) is 6.51. The number of ether oxygens (including phenoxy) is 1. The Morgan fingerprint density at radius 2 is 1.27 bits per heavy atom. The van der Waals surface area contributed by atoms with Gasteiger partial charge in [-0.25, -0.2) is 0 Å². The lowest BCUT2D eigenvalue weighted by Crippen LogP contribution is -1.98. The number of halogens is 1. The van der Waals surface area contributed by atoms with Gasteiger partial charge < -0.3 is 4.74 Å². The highest BCUT2D eigenvalue weighted by molar-refractivity contribution is 6.18. The predicted molar refractivity (Wildman–Crippen MR) is 112 cm³/mol. The van der Waals surface area contributed by atoms with Crippen LogP contribution in [-0.4, -0.2) is 12.5 Å². The van der Waals surface area contributed by atoms with Crippen molar-refractivity contribution in [1.29, 1.82) is 0 Å². The summed E-state index contributed by atoms with van der Waals surface area (Å²) < 4.78 is 5.62. The minimum absolute atomic E-state index is 0.491. The van der Waals surface area contributed by atoms with Crippen LogP contribution in [-0.2, 0) is 0 Å². The maximum atomic E-state index is 5.71. The van der Waals surface area contributed by atoms with Crippen molar-refractivity contribution >= 4 is 22.7 Å². The average molecular weight is 363 g/mol. The van der Waals surface area contributed by atoms with Gasteiger partial charge in [0.05, 0.1) is 5.88 Å². The second-order valence-electron chi connectivity index (χ2n) is 6.00. The van der Waals surface area contributed by atoms with Crippen molar-refractivity contribution in [3.8, 4) is 5.75 Å². The van der Waals surface area contributed by atoms with Gasteiger partial charge in [-0.05, 0) is 46.4 Å². The Bertz CT molecular complexity index is 836. The second-order valence-corrected chi connectivity index (χ2v) is 6.38. The van der Waals surface area contributed by atoms with E-state index in [1.807, 2.05) is 12.1 Å². The molecule has 0 aliphatic rings. The maximum Gasteiger partial charge on any atom is 0.119 e. The molecule has 0 saturated heterocycles. The van der Waals surface area contributed by atoms with Crippen LogP contribution in [0, 0.1) is 0 Å². The Hall–Kier alpha value is -2.51. The SMILES string of the molecule is CCC(=C(c1ccccc1)c1ccc(OCCCl)cc1)c1ccccc1. The number of allylic oxidation sites excluding steroid dienone is 1. The van der Waals surface area contributed by atoms with Gasteiger partial charge in [-0.1, -0.05) is 79.7 Å². The molecule has 3 aromatic rings. The van der Waals surface area contributed by atoms with Crippen LogP contribution in [0.1, 0.15) is 30.0 Å². The highest BCUT2D eigenvalue weighted by Gasteiger charge is 2.12. The van der Waals surface area contributed by atoms with Crippen molar-refractivity contribution in [2.75, 3.05) is 12.5 Å². The maximum absolute atomic E-state index is 5.71. The van der Waals surface area contributed by atoms with Crippen molar-refractivity contribution < 1.29 is 4.74 Å². The van der Waals surface area contributed by atoms with Crippen LogP contribution in [0.4, 0.5) is 0 Å². The van der Waals surface area contributed by atoms with E-state index in [4.69, 9.17) is 16.3 Å². The van der Waals surface area contributed by atoms with E-state index in [2.05, 4.69) is 79.7 Å². The summed E-state index contributed by atoms with van der Waals surface area (Å²) in [5.74, 6) is 1.34. The van der Waals surface area contributed by atoms with Crippen LogP contribution in [0.25, 0.3) is 11.1 Å². The standard InChI is InChI=1S/C24H23ClO/c1-2-23(19-9-5-3-6-10-19)24(20-11-7-4-8-12-20)21-13-15-22(16-14-21)26-18-17-25/h3-16H,2,17-18H2,1H3. The molecule has 0 fully saturated rings. The molecular formula is C24H23ClO. The van der Waals surface area contributed by atoms with Crippen LogP contribution in [0.15, 0.2) is 84.9 Å². The largest absolute Gasteiger partial charge is 0.492 e. The van der Waals surface area contributed by atoms with E-state index in [0.29, 0.717) is 12.5 Å². The summed E-state index contributed by atoms with van der Waals surface area (Å²) in [7, 11) is 0. The summed E-state index contributed by atoms with van der Waals surface area (Å²) in [5, 5.41) is 0. The zero-order chi connectivity index (χ0) is 18.2. The quantitative estimate of drug-likeness (QED) is 0.336. The third kappa shape index (κ3) is 4.36. The van der Waals surface area contributed by atoms with Gasteiger partial charge in [-0.2, -0.15) is 0 Å². The molecule has 132 valence electrons. The first-order valence-electron chi connectivity index (χ1n) is 8.96. The van der Waals surface area contributed by atoms with Gasteiger partial charge in [0.1, 0.15) is 12.4 Å². The monoisotopic (exact) mass is 362 g/mol. The third-order valence-electron chi connectivity index (χ3n) is 4.33. The molecule has 0 N–H and O–H groups in total. The molecule has 0 spiro atoms. The fourth-order valence-corrected chi connectivity index (χ4v) is 3.24. The van der Waals surface area contributed by atoms with Crippen LogP contribution in [0.2, 0.25) is 0 Å². The molecule has 0 amide bonds. The molecule has 1 nitrogen and oxygen atoms in total. The van der Waals surface area contributed by atoms with Crippen LogP contribution in [0.3, 0.4) is 0 Å². The van der Waals surface area contributed by atoms with Gasteiger partial charge in [0.25, 0.3) is 0 Å². The summed E-state index contributed by atoms with van der Waals surface area (Å²) in [6.07, 6.45) is 0.957. The molecule has 0 bridgehead atoms. The van der Waals surface area contributed by atoms with E-state index < -0.39 is 0 Å². The number of benzene rings is 3. The van der Waals surface area contributed by atoms with Gasteiger partial charge in [0.2, 0.25) is 0 Å². The lowest BCUT2D eigenvalue weighted by atomic mass is 9.88. The lowest BCUT2D eigenvalue weighted by molar-refractivity contribution is 0.343. The zero-order valence-electron chi connectivity index (χ0n) is 15.0. The highest BCUT2D eigenvalue weighted by Crippen LogP contribution is 2.34. The first-order chi connectivity index (χ1) is 12.8. The van der Waals surface area contributed by atoms with Crippen molar-refractivity contribution in [3.05, 3.63) is 102 Å². The molecular weight excluding hydrogens is 340 g/mol. The molecule has 0 atom stereocenters. The molecule has 0 radical (unpaired) electrons. The summed E-state index contributed by atoms with van der Waals surface area (Å²) in [6.45, 7) is 2.73. The van der Waals surface area contributed by atoms with Gasteiger partial charge in [-0.15, -0.1) is 11.6 Å². The Morgan fingerprint density at radius 1 is 0.731 bits per heavy atom. The number of hydrogen-bond acceptors (Lipinski definition) is 1. The first-order valence-corrected chi connectivity index (χ1v) is 9.50. The molecule has 0 saturated carbocycles. The van der Waals surface area contributed by atoms with E-state index in [0.717, 1.165) is 12.2 Å². The summed E-state index contributed by atoms with van der Waals surface area (Å²) in [4.78, 5) is 0. The Morgan fingerprint density at radius 3 is 1.81 bits per heavy atom. The summed E-state index contributed by atoms with van der Waals surface area (Å²) in [5.41, 5.74) is 6.28. The van der Waals surface area contributed by atoms with E-state index in [1.54, 1.807) is 0 Å². The number of rotatable bonds is 7. The van der Waals surface area contributed by atoms with Gasteiger partial charge in [0.15, 0.2) is 0 Å². The van der Waals surface area contributed by atoms with E-state index in [9.17, 15) is 0 Å². The van der Waals surface area contributed by atoms with Crippen LogP contribution in [0.5, 0.6) is 5.75 Å². The topological polar surface area (TPSA) is 9.23 Å². The van der Waals surface area contributed by atoms with Crippen molar-refractivity contribution in [2.45, 2.75) is 13.3 Å². The van der Waals surface area contributed by atoms with E-state index in [-0.39, 0.29) is 0 Å². The van der Waals surface area contributed by atoms with Crippen LogP contribution < -0.4 is 4.74 Å². The molecule has 0 aliphatic carbocycles. The van der Waals surface area contributed by atoms with Crippen molar-refractivity contribution in [1.82, 2.24) is 0 Å². The fraction of sp³-hybridized carbons (Fsp3) is 0.167. The van der Waals surface area contributed by atoms with E-state index in [1.165, 1.54) is 27.8 Å². The molecule has 0 unspecified atom stereocenters. The van der Waals surface area contributed by atoms with Gasteiger partial charge in [-0.3, -0.25) is 0 Å². The van der Waals surface area contributed by atoms with Crippen molar-refractivity contribution in [3.63, 3.8) is 0 Å².